The molecule has 1 heterocycles. The first-order chi connectivity index (χ1) is 13.4. The van der Waals surface area contributed by atoms with Gasteiger partial charge in [0.1, 0.15) is 11.6 Å². The SMILES string of the molecule is CCc1nc2cc(F)c(C=CC(=O)OC)cc2c(=O)n1-c1c(C)cccc1C. The first kappa shape index (κ1) is 19.5. The molecular weight excluding hydrogens is 359 g/mol. The van der Waals surface area contributed by atoms with E-state index >= 15 is 0 Å². The molecule has 0 radical (unpaired) electrons. The Balaban J connectivity index is 2.33. The first-order valence-electron chi connectivity index (χ1n) is 8.95. The minimum atomic E-state index is -0.605. The fourth-order valence-corrected chi connectivity index (χ4v) is 3.25. The van der Waals surface area contributed by atoms with Crippen molar-refractivity contribution in [2.75, 3.05) is 7.11 Å². The number of aromatic nitrogens is 2. The summed E-state index contributed by atoms with van der Waals surface area (Å²) < 4.78 is 20.6. The molecule has 0 fully saturated rings. The molecular formula is C22H21FN2O3. The van der Waals surface area contributed by atoms with Crippen molar-refractivity contribution in [3.8, 4) is 5.69 Å². The molecule has 0 aliphatic carbocycles. The molecule has 3 aromatic rings. The van der Waals surface area contributed by atoms with Crippen LogP contribution in [0, 0.1) is 19.7 Å². The van der Waals surface area contributed by atoms with Crippen molar-refractivity contribution < 1.29 is 13.9 Å². The highest BCUT2D eigenvalue weighted by Crippen LogP contribution is 2.22. The average Bonchev–Trinajstić information content (AvgIpc) is 2.67. The van der Waals surface area contributed by atoms with Crippen molar-refractivity contribution in [2.45, 2.75) is 27.2 Å². The summed E-state index contributed by atoms with van der Waals surface area (Å²) >= 11 is 0. The Hall–Kier alpha value is -3.28. The summed E-state index contributed by atoms with van der Waals surface area (Å²) in [5.41, 5.74) is 2.82. The number of aryl methyl sites for hydroxylation is 3. The maximum absolute atomic E-state index is 14.4. The van der Waals surface area contributed by atoms with Crippen LogP contribution in [-0.4, -0.2) is 22.6 Å². The molecule has 0 unspecified atom stereocenters. The molecule has 1 aromatic heterocycles. The largest absolute Gasteiger partial charge is 0.466 e. The molecule has 2 aromatic carbocycles. The lowest BCUT2D eigenvalue weighted by Gasteiger charge is -2.17. The minimum absolute atomic E-state index is 0.120. The van der Waals surface area contributed by atoms with Crippen molar-refractivity contribution in [3.05, 3.63) is 75.1 Å². The molecule has 0 atom stereocenters. The molecule has 0 N–H and O–H groups in total. The molecule has 144 valence electrons. The quantitative estimate of drug-likeness (QED) is 0.509. The molecule has 28 heavy (non-hydrogen) atoms. The molecule has 6 heteroatoms. The van der Waals surface area contributed by atoms with Gasteiger partial charge in [0.2, 0.25) is 0 Å². The van der Waals surface area contributed by atoms with E-state index in [1.54, 1.807) is 4.57 Å². The number of hydrogen-bond donors (Lipinski definition) is 0. The Kier molecular flexibility index (Phi) is 5.40. The van der Waals surface area contributed by atoms with E-state index in [1.807, 2.05) is 39.0 Å². The predicted octanol–water partition coefficient (Wildman–Crippen LogP) is 3.89. The number of hydrogen-bond acceptors (Lipinski definition) is 4. The smallest absolute Gasteiger partial charge is 0.330 e. The molecule has 0 bridgehead atoms. The number of carbonyl (C=O) groups is 1. The van der Waals surface area contributed by atoms with Gasteiger partial charge in [-0.15, -0.1) is 0 Å². The number of carbonyl (C=O) groups excluding carboxylic acids is 1. The van der Waals surface area contributed by atoms with Crippen LogP contribution in [0.4, 0.5) is 4.39 Å². The summed E-state index contributed by atoms with van der Waals surface area (Å²) in [6, 6.07) is 8.45. The topological polar surface area (TPSA) is 61.2 Å². The van der Waals surface area contributed by atoms with E-state index in [0.29, 0.717) is 12.2 Å². The summed E-state index contributed by atoms with van der Waals surface area (Å²) in [7, 11) is 1.24. The number of fused-ring (bicyclic) bond motifs is 1. The Morgan fingerprint density at radius 1 is 1.25 bits per heavy atom. The van der Waals surface area contributed by atoms with Gasteiger partial charge < -0.3 is 4.74 Å². The lowest BCUT2D eigenvalue weighted by Crippen LogP contribution is -2.25. The van der Waals surface area contributed by atoms with E-state index in [9.17, 15) is 14.0 Å². The summed E-state index contributed by atoms with van der Waals surface area (Å²) in [6.45, 7) is 5.78. The monoisotopic (exact) mass is 380 g/mol. The Labute approximate surface area is 162 Å². The van der Waals surface area contributed by atoms with Crippen molar-refractivity contribution in [1.82, 2.24) is 9.55 Å². The zero-order valence-electron chi connectivity index (χ0n) is 16.2. The van der Waals surface area contributed by atoms with Gasteiger partial charge in [0.05, 0.1) is 23.7 Å². The van der Waals surface area contributed by atoms with Gasteiger partial charge in [0, 0.05) is 24.1 Å². The highest BCUT2D eigenvalue weighted by molar-refractivity contribution is 5.88. The molecule has 0 spiro atoms. The number of benzene rings is 2. The standard InChI is InChI=1S/C22H21FN2O3/c1-5-19-24-18-12-17(23)15(9-10-20(26)28-4)11-16(18)22(27)25(19)21-13(2)7-6-8-14(21)3/h6-12H,5H2,1-4H3. The lowest BCUT2D eigenvalue weighted by molar-refractivity contribution is -0.134. The number of halogens is 1. The van der Waals surface area contributed by atoms with Gasteiger partial charge in [-0.25, -0.2) is 14.2 Å². The lowest BCUT2D eigenvalue weighted by atomic mass is 10.1. The van der Waals surface area contributed by atoms with Crippen LogP contribution in [0.3, 0.4) is 0 Å². The normalized spacial score (nSPS) is 11.3. The van der Waals surface area contributed by atoms with E-state index in [2.05, 4.69) is 9.72 Å². The number of para-hydroxylation sites is 1. The molecule has 0 saturated heterocycles. The Morgan fingerprint density at radius 3 is 2.54 bits per heavy atom. The predicted molar refractivity (Wildman–Crippen MR) is 107 cm³/mol. The molecule has 0 saturated carbocycles. The van der Waals surface area contributed by atoms with Gasteiger partial charge >= 0.3 is 5.97 Å². The van der Waals surface area contributed by atoms with Crippen molar-refractivity contribution in [1.29, 1.82) is 0 Å². The first-order valence-corrected chi connectivity index (χ1v) is 8.95. The number of methoxy groups -OCH3 is 1. The maximum atomic E-state index is 14.4. The van der Waals surface area contributed by atoms with Crippen LogP contribution in [0.5, 0.6) is 0 Å². The van der Waals surface area contributed by atoms with Gasteiger partial charge in [0.25, 0.3) is 5.56 Å². The second kappa shape index (κ2) is 7.76. The molecule has 0 aliphatic rings. The number of rotatable bonds is 4. The van der Waals surface area contributed by atoms with E-state index in [0.717, 1.165) is 22.9 Å². The minimum Gasteiger partial charge on any atom is -0.466 e. The third-order valence-electron chi connectivity index (χ3n) is 4.64. The van der Waals surface area contributed by atoms with Crippen LogP contribution < -0.4 is 5.56 Å². The summed E-state index contributed by atoms with van der Waals surface area (Å²) in [4.78, 5) is 29.2. The highest BCUT2D eigenvalue weighted by atomic mass is 19.1. The fraction of sp³-hybridized carbons (Fsp3) is 0.227. The zero-order chi connectivity index (χ0) is 20.4. The van der Waals surface area contributed by atoms with Gasteiger partial charge in [0.15, 0.2) is 0 Å². The Bertz CT molecular complexity index is 1140. The van der Waals surface area contributed by atoms with Gasteiger partial charge in [-0.05, 0) is 37.1 Å². The second-order valence-electron chi connectivity index (χ2n) is 6.51. The summed E-state index contributed by atoms with van der Waals surface area (Å²) in [5.74, 6) is -0.606. The third kappa shape index (κ3) is 3.45. The molecule has 5 nitrogen and oxygen atoms in total. The number of ether oxygens (including phenoxy) is 1. The van der Waals surface area contributed by atoms with Crippen molar-refractivity contribution in [2.24, 2.45) is 0 Å². The Morgan fingerprint density at radius 2 is 1.93 bits per heavy atom. The van der Waals surface area contributed by atoms with Crippen LogP contribution in [-0.2, 0) is 16.0 Å². The zero-order valence-corrected chi connectivity index (χ0v) is 16.2. The maximum Gasteiger partial charge on any atom is 0.330 e. The molecule has 3 rings (SSSR count). The van der Waals surface area contributed by atoms with Gasteiger partial charge in [-0.1, -0.05) is 25.1 Å². The number of nitrogens with zero attached hydrogens (tertiary/aromatic N) is 2. The van der Waals surface area contributed by atoms with Gasteiger partial charge in [-0.2, -0.15) is 0 Å². The van der Waals surface area contributed by atoms with Crippen LogP contribution in [0.2, 0.25) is 0 Å². The third-order valence-corrected chi connectivity index (χ3v) is 4.64. The summed E-state index contributed by atoms with van der Waals surface area (Å²) in [6.07, 6.45) is 2.92. The van der Waals surface area contributed by atoms with Crippen molar-refractivity contribution >= 4 is 22.9 Å². The van der Waals surface area contributed by atoms with Crippen LogP contribution in [0.25, 0.3) is 22.7 Å². The average molecular weight is 380 g/mol. The summed E-state index contributed by atoms with van der Waals surface area (Å²) in [5, 5.41) is 0.283. The van der Waals surface area contributed by atoms with Crippen molar-refractivity contribution in [3.63, 3.8) is 0 Å². The molecule has 0 amide bonds. The molecule has 0 aliphatic heterocycles. The fourth-order valence-electron chi connectivity index (χ4n) is 3.25. The van der Waals surface area contributed by atoms with E-state index < -0.39 is 11.8 Å². The van der Waals surface area contributed by atoms with Crippen LogP contribution in [0.15, 0.2) is 41.2 Å². The van der Waals surface area contributed by atoms with Crippen LogP contribution >= 0.6 is 0 Å². The van der Waals surface area contributed by atoms with Gasteiger partial charge in [-0.3, -0.25) is 9.36 Å². The second-order valence-corrected chi connectivity index (χ2v) is 6.51. The highest BCUT2D eigenvalue weighted by Gasteiger charge is 2.16. The van der Waals surface area contributed by atoms with E-state index in [1.165, 1.54) is 25.3 Å². The van der Waals surface area contributed by atoms with E-state index in [4.69, 9.17) is 0 Å². The van der Waals surface area contributed by atoms with Crippen LogP contribution in [0.1, 0.15) is 29.4 Å². The van der Waals surface area contributed by atoms with E-state index in [-0.39, 0.29) is 22.0 Å². The number of esters is 1.